The van der Waals surface area contributed by atoms with Crippen molar-refractivity contribution in [3.8, 4) is 5.75 Å². The normalized spacial score (nSPS) is 21.0. The molecule has 1 unspecified atom stereocenters. The number of ether oxygens (including phenoxy) is 1. The van der Waals surface area contributed by atoms with E-state index in [1.165, 1.54) is 17.5 Å². The van der Waals surface area contributed by atoms with Crippen molar-refractivity contribution in [1.29, 1.82) is 0 Å². The molecule has 6 heteroatoms. The summed E-state index contributed by atoms with van der Waals surface area (Å²) in [6.45, 7) is 0.703. The Morgan fingerprint density at radius 3 is 2.79 bits per heavy atom. The van der Waals surface area contributed by atoms with Crippen LogP contribution < -0.4 is 4.74 Å². The second-order valence-corrected chi connectivity index (χ2v) is 6.46. The Kier molecular flexibility index (Phi) is 4.21. The summed E-state index contributed by atoms with van der Waals surface area (Å²) < 4.78 is 31.6. The first kappa shape index (κ1) is 14.0. The number of hydrogen-bond acceptors (Lipinski definition) is 4. The average Bonchev–Trinajstić information content (AvgIpc) is 2.47. The number of nitrogens with zero attached hydrogens (tertiary/aromatic N) is 1. The van der Waals surface area contributed by atoms with Gasteiger partial charge in [0.15, 0.2) is 0 Å². The Bertz CT molecular complexity index is 556. The number of carbonyl (C=O) groups excluding carboxylic acids is 1. The molecule has 1 aliphatic rings. The van der Waals surface area contributed by atoms with Crippen LogP contribution in [-0.2, 0) is 14.8 Å². The van der Waals surface area contributed by atoms with E-state index in [1.807, 2.05) is 0 Å². The molecule has 0 radical (unpaired) electrons. The van der Waals surface area contributed by atoms with Crippen LogP contribution in [-0.4, -0.2) is 39.2 Å². The predicted molar refractivity (Wildman–Crippen MR) is 70.5 cm³/mol. The summed E-state index contributed by atoms with van der Waals surface area (Å²) >= 11 is 0. The van der Waals surface area contributed by atoms with Gasteiger partial charge in [0.25, 0.3) is 0 Å². The van der Waals surface area contributed by atoms with Gasteiger partial charge in [0.05, 0.1) is 7.11 Å². The van der Waals surface area contributed by atoms with Crippen LogP contribution in [0.15, 0.2) is 29.2 Å². The number of para-hydroxylation sites is 1. The number of rotatable bonds is 4. The zero-order valence-corrected chi connectivity index (χ0v) is 11.6. The fraction of sp³-hybridized carbons (Fsp3) is 0.462. The second-order valence-electron chi connectivity index (χ2n) is 4.55. The van der Waals surface area contributed by atoms with Crippen molar-refractivity contribution < 1.29 is 17.9 Å². The van der Waals surface area contributed by atoms with Gasteiger partial charge < -0.3 is 9.53 Å². The van der Waals surface area contributed by atoms with Gasteiger partial charge in [-0.2, -0.15) is 4.31 Å². The number of piperidine rings is 1. The minimum absolute atomic E-state index is 0.157. The fourth-order valence-electron chi connectivity index (χ4n) is 2.27. The Balaban J connectivity index is 2.34. The zero-order valence-electron chi connectivity index (χ0n) is 10.8. The molecule has 0 saturated carbocycles. The Labute approximate surface area is 113 Å². The van der Waals surface area contributed by atoms with Crippen LogP contribution >= 0.6 is 0 Å². The average molecular weight is 283 g/mol. The molecule has 0 aromatic heterocycles. The highest BCUT2D eigenvalue weighted by Gasteiger charge is 2.31. The van der Waals surface area contributed by atoms with E-state index < -0.39 is 10.0 Å². The molecule has 1 heterocycles. The van der Waals surface area contributed by atoms with Crippen LogP contribution in [0.25, 0.3) is 0 Å². The van der Waals surface area contributed by atoms with Crippen molar-refractivity contribution in [3.63, 3.8) is 0 Å². The molecule has 104 valence electrons. The number of sulfonamides is 1. The number of aldehydes is 1. The van der Waals surface area contributed by atoms with Crippen LogP contribution in [0, 0.1) is 5.92 Å². The smallest absolute Gasteiger partial charge is 0.246 e. The van der Waals surface area contributed by atoms with Gasteiger partial charge in [0, 0.05) is 19.0 Å². The van der Waals surface area contributed by atoms with Crippen molar-refractivity contribution in [2.45, 2.75) is 17.7 Å². The molecule has 1 aliphatic heterocycles. The molecule has 0 bridgehead atoms. The van der Waals surface area contributed by atoms with Crippen LogP contribution in [0.2, 0.25) is 0 Å². The second kappa shape index (κ2) is 5.71. The van der Waals surface area contributed by atoms with E-state index in [-0.39, 0.29) is 17.4 Å². The molecule has 19 heavy (non-hydrogen) atoms. The van der Waals surface area contributed by atoms with E-state index in [0.29, 0.717) is 18.7 Å². The van der Waals surface area contributed by atoms with Crippen molar-refractivity contribution >= 4 is 16.3 Å². The first-order valence-corrected chi connectivity index (χ1v) is 7.62. The summed E-state index contributed by atoms with van der Waals surface area (Å²) in [4.78, 5) is 11.0. The molecule has 1 atom stereocenters. The lowest BCUT2D eigenvalue weighted by atomic mass is 10.0. The lowest BCUT2D eigenvalue weighted by molar-refractivity contribution is -0.112. The molecule has 2 rings (SSSR count). The topological polar surface area (TPSA) is 63.7 Å². The number of benzene rings is 1. The minimum Gasteiger partial charge on any atom is -0.495 e. The SMILES string of the molecule is COc1ccccc1S(=O)(=O)N1CCCC(C=O)C1. The van der Waals surface area contributed by atoms with E-state index in [0.717, 1.165) is 12.7 Å². The van der Waals surface area contributed by atoms with Gasteiger partial charge in [-0.05, 0) is 25.0 Å². The summed E-state index contributed by atoms with van der Waals surface area (Å²) in [5, 5.41) is 0. The maximum atomic E-state index is 12.6. The molecular formula is C13H17NO4S. The summed E-state index contributed by atoms with van der Waals surface area (Å²) in [5.41, 5.74) is 0. The van der Waals surface area contributed by atoms with Gasteiger partial charge in [-0.15, -0.1) is 0 Å². The third-order valence-corrected chi connectivity index (χ3v) is 5.20. The molecule has 1 aromatic carbocycles. The van der Waals surface area contributed by atoms with Gasteiger partial charge in [-0.3, -0.25) is 0 Å². The summed E-state index contributed by atoms with van der Waals surface area (Å²) in [6, 6.07) is 6.53. The Hall–Kier alpha value is -1.40. The highest BCUT2D eigenvalue weighted by molar-refractivity contribution is 7.89. The Morgan fingerprint density at radius 1 is 1.37 bits per heavy atom. The van der Waals surface area contributed by atoms with Crippen molar-refractivity contribution in [3.05, 3.63) is 24.3 Å². The molecular weight excluding hydrogens is 266 g/mol. The molecule has 1 fully saturated rings. The highest BCUT2D eigenvalue weighted by atomic mass is 32.2. The van der Waals surface area contributed by atoms with Gasteiger partial charge in [-0.25, -0.2) is 8.42 Å². The van der Waals surface area contributed by atoms with Crippen LogP contribution in [0.3, 0.4) is 0 Å². The lowest BCUT2D eigenvalue weighted by Gasteiger charge is -2.29. The molecule has 5 nitrogen and oxygen atoms in total. The standard InChI is InChI=1S/C13H17NO4S/c1-18-12-6-2-3-7-13(12)19(16,17)14-8-4-5-11(9-14)10-15/h2-3,6-7,10-11H,4-5,8-9H2,1H3. The van der Waals surface area contributed by atoms with E-state index >= 15 is 0 Å². The minimum atomic E-state index is -3.60. The third-order valence-electron chi connectivity index (χ3n) is 3.30. The van der Waals surface area contributed by atoms with E-state index in [4.69, 9.17) is 4.74 Å². The van der Waals surface area contributed by atoms with Gasteiger partial charge in [0.2, 0.25) is 10.0 Å². The molecule has 1 saturated heterocycles. The summed E-state index contributed by atoms with van der Waals surface area (Å²) in [5.74, 6) is 0.119. The maximum Gasteiger partial charge on any atom is 0.246 e. The molecule has 1 aromatic rings. The van der Waals surface area contributed by atoms with Crippen molar-refractivity contribution in [2.75, 3.05) is 20.2 Å². The van der Waals surface area contributed by atoms with Crippen LogP contribution in [0.4, 0.5) is 0 Å². The number of hydrogen-bond donors (Lipinski definition) is 0. The molecule has 0 aliphatic carbocycles. The monoisotopic (exact) mass is 283 g/mol. The number of carbonyl (C=O) groups is 1. The van der Waals surface area contributed by atoms with Gasteiger partial charge in [-0.1, -0.05) is 12.1 Å². The van der Waals surface area contributed by atoms with Gasteiger partial charge >= 0.3 is 0 Å². The van der Waals surface area contributed by atoms with E-state index in [9.17, 15) is 13.2 Å². The van der Waals surface area contributed by atoms with E-state index in [1.54, 1.807) is 18.2 Å². The summed E-state index contributed by atoms with van der Waals surface area (Å²) in [6.07, 6.45) is 2.29. The van der Waals surface area contributed by atoms with E-state index in [2.05, 4.69) is 0 Å². The Morgan fingerprint density at radius 2 is 2.11 bits per heavy atom. The third kappa shape index (κ3) is 2.79. The quantitative estimate of drug-likeness (QED) is 0.781. The number of methoxy groups -OCH3 is 1. The fourth-order valence-corrected chi connectivity index (χ4v) is 3.97. The predicted octanol–water partition coefficient (Wildman–Crippen LogP) is 1.29. The zero-order chi connectivity index (χ0) is 13.9. The largest absolute Gasteiger partial charge is 0.495 e. The molecule has 0 spiro atoms. The highest BCUT2D eigenvalue weighted by Crippen LogP contribution is 2.28. The first-order chi connectivity index (χ1) is 9.09. The van der Waals surface area contributed by atoms with Crippen molar-refractivity contribution in [1.82, 2.24) is 4.31 Å². The lowest BCUT2D eigenvalue weighted by Crippen LogP contribution is -2.40. The molecule has 0 amide bonds. The van der Waals surface area contributed by atoms with Crippen LogP contribution in [0.1, 0.15) is 12.8 Å². The molecule has 0 N–H and O–H groups in total. The van der Waals surface area contributed by atoms with Gasteiger partial charge in [0.1, 0.15) is 16.9 Å². The first-order valence-electron chi connectivity index (χ1n) is 6.18. The van der Waals surface area contributed by atoms with Crippen molar-refractivity contribution in [2.24, 2.45) is 5.92 Å². The summed E-state index contributed by atoms with van der Waals surface area (Å²) in [7, 11) is -2.16. The maximum absolute atomic E-state index is 12.6. The van der Waals surface area contributed by atoms with Crippen LogP contribution in [0.5, 0.6) is 5.75 Å².